The van der Waals surface area contributed by atoms with E-state index in [2.05, 4.69) is 0 Å². The first-order valence-corrected chi connectivity index (χ1v) is 13.6. The van der Waals surface area contributed by atoms with Crippen LogP contribution in [0.1, 0.15) is 27.7 Å². The van der Waals surface area contributed by atoms with Crippen LogP contribution in [0.25, 0.3) is 0 Å². The predicted molar refractivity (Wildman–Crippen MR) is 56.2 cm³/mol. The molecule has 0 radical (unpaired) electrons. The molecule has 0 fully saturated rings. The van der Waals surface area contributed by atoms with Crippen LogP contribution in [-0.2, 0) is 19.2 Å². The SMILES string of the molecule is C[CH2][Zr]([OH])([CH2]C)([CH2]C(C)O)[CH2]C(C)O. The molecular weight excluding hydrogens is 259 g/mol. The van der Waals surface area contributed by atoms with Crippen molar-refractivity contribution >= 4 is 0 Å². The molecule has 0 aromatic rings. The van der Waals surface area contributed by atoms with E-state index in [1.807, 2.05) is 13.8 Å². The van der Waals surface area contributed by atoms with Crippen molar-refractivity contribution in [2.75, 3.05) is 0 Å². The molecule has 4 heteroatoms. The van der Waals surface area contributed by atoms with Gasteiger partial charge in [0.2, 0.25) is 0 Å². The topological polar surface area (TPSA) is 60.7 Å². The molecule has 0 aliphatic carbocycles. The van der Waals surface area contributed by atoms with E-state index in [9.17, 15) is 13.4 Å². The molecular formula is C10H25O3Zr. The van der Waals surface area contributed by atoms with Gasteiger partial charge in [-0.1, -0.05) is 0 Å². The summed E-state index contributed by atoms with van der Waals surface area (Å²) in [6.45, 7) is 7.41. The Hall–Kier alpha value is 0.763. The van der Waals surface area contributed by atoms with Gasteiger partial charge in [0, 0.05) is 0 Å². The van der Waals surface area contributed by atoms with Gasteiger partial charge in [-0.15, -0.1) is 0 Å². The second-order valence-corrected chi connectivity index (χ2v) is 20.9. The summed E-state index contributed by atoms with van der Waals surface area (Å²) in [7, 11) is 0. The Balaban J connectivity index is 4.80. The zero-order valence-electron chi connectivity index (χ0n) is 9.82. The van der Waals surface area contributed by atoms with E-state index in [1.54, 1.807) is 13.8 Å². The second kappa shape index (κ2) is 5.20. The predicted octanol–water partition coefficient (Wildman–Crippen LogP) is 2.06. The molecule has 0 heterocycles. The Bertz CT molecular complexity index is 162. The first-order chi connectivity index (χ1) is 6.25. The van der Waals surface area contributed by atoms with E-state index >= 15 is 0 Å². The van der Waals surface area contributed by atoms with Crippen LogP contribution < -0.4 is 0 Å². The third-order valence-electron chi connectivity index (χ3n) is 3.46. The quantitative estimate of drug-likeness (QED) is 0.700. The van der Waals surface area contributed by atoms with Gasteiger partial charge in [-0.3, -0.25) is 0 Å². The molecule has 0 aliphatic rings. The number of aliphatic hydroxyl groups excluding tert-OH is 2. The van der Waals surface area contributed by atoms with Crippen LogP contribution in [0.2, 0.25) is 16.5 Å². The third kappa shape index (κ3) is 4.10. The van der Waals surface area contributed by atoms with Crippen molar-refractivity contribution in [2.24, 2.45) is 0 Å². The monoisotopic (exact) mass is 283 g/mol. The van der Waals surface area contributed by atoms with Gasteiger partial charge in [-0.2, -0.15) is 0 Å². The Morgan fingerprint density at radius 3 is 1.36 bits per heavy atom. The molecule has 0 aromatic carbocycles. The zero-order chi connectivity index (χ0) is 11.4. The minimum atomic E-state index is -3.77. The Labute approximate surface area is 88.9 Å². The van der Waals surface area contributed by atoms with E-state index < -0.39 is 31.4 Å². The Kier molecular flexibility index (Phi) is 5.48. The summed E-state index contributed by atoms with van der Waals surface area (Å²) in [6.07, 6.45) is -0.909. The van der Waals surface area contributed by atoms with Crippen molar-refractivity contribution in [1.29, 1.82) is 0 Å². The van der Waals surface area contributed by atoms with Crippen LogP contribution in [0.5, 0.6) is 0 Å². The minimum absolute atomic E-state index is 0.454. The molecule has 14 heavy (non-hydrogen) atoms. The number of hydrogen-bond acceptors (Lipinski definition) is 3. The molecule has 3 nitrogen and oxygen atoms in total. The van der Waals surface area contributed by atoms with Gasteiger partial charge in [0.1, 0.15) is 0 Å². The molecule has 2 unspecified atom stereocenters. The summed E-state index contributed by atoms with van der Waals surface area (Å²) in [6, 6.07) is 0. The molecule has 0 bridgehead atoms. The standard InChI is InChI=1S/2C3H7O.2C2H5.H2O.Zr/c2*1-3(2)4;2*1-2;;/h2*3-4H,1H2,2H3;2*1H2,2H3;1H2;/q;;;;;+1/p-1. The molecule has 0 aliphatic heterocycles. The van der Waals surface area contributed by atoms with Crippen LogP contribution in [-0.4, -0.2) is 25.6 Å². The first-order valence-electron chi connectivity index (χ1n) is 5.54. The van der Waals surface area contributed by atoms with Crippen LogP contribution in [0.4, 0.5) is 0 Å². The molecule has 0 amide bonds. The fraction of sp³-hybridized carbons (Fsp3) is 1.00. The molecule has 0 rings (SSSR count). The Morgan fingerprint density at radius 2 is 1.21 bits per heavy atom. The maximum atomic E-state index is 10.8. The van der Waals surface area contributed by atoms with Crippen LogP contribution in [0.15, 0.2) is 0 Å². The summed E-state index contributed by atoms with van der Waals surface area (Å²) < 4.78 is 13.4. The third-order valence-corrected chi connectivity index (χ3v) is 20.4. The van der Waals surface area contributed by atoms with Gasteiger partial charge in [0.25, 0.3) is 0 Å². The van der Waals surface area contributed by atoms with Crippen LogP contribution in [0, 0.1) is 0 Å². The van der Waals surface area contributed by atoms with Gasteiger partial charge < -0.3 is 0 Å². The van der Waals surface area contributed by atoms with E-state index in [4.69, 9.17) is 0 Å². The Morgan fingerprint density at radius 1 is 0.929 bits per heavy atom. The van der Waals surface area contributed by atoms with Crippen molar-refractivity contribution in [1.82, 2.24) is 0 Å². The van der Waals surface area contributed by atoms with Gasteiger partial charge >= 0.3 is 89.0 Å². The van der Waals surface area contributed by atoms with Crippen molar-refractivity contribution in [3.8, 4) is 0 Å². The molecule has 0 saturated heterocycles. The normalized spacial score (nSPS) is 19.8. The van der Waals surface area contributed by atoms with Gasteiger partial charge in [-0.05, 0) is 0 Å². The van der Waals surface area contributed by atoms with Gasteiger partial charge in [0.15, 0.2) is 0 Å². The average Bonchev–Trinajstić information content (AvgIpc) is 2.02. The summed E-state index contributed by atoms with van der Waals surface area (Å²) in [5.74, 6) is 0. The van der Waals surface area contributed by atoms with Crippen molar-refractivity contribution in [2.45, 2.75) is 56.4 Å². The fourth-order valence-corrected chi connectivity index (χ4v) is 14.4. The molecule has 0 spiro atoms. The maximum absolute atomic E-state index is 10.8. The molecule has 87 valence electrons. The van der Waals surface area contributed by atoms with Gasteiger partial charge in [0.05, 0.1) is 0 Å². The molecule has 0 aromatic heterocycles. The fourth-order valence-electron chi connectivity index (χ4n) is 2.43. The summed E-state index contributed by atoms with van der Waals surface area (Å²) in [5.41, 5.74) is 0. The van der Waals surface area contributed by atoms with E-state index in [-0.39, 0.29) is 0 Å². The van der Waals surface area contributed by atoms with Crippen molar-refractivity contribution in [3.63, 3.8) is 0 Å². The van der Waals surface area contributed by atoms with Crippen LogP contribution >= 0.6 is 0 Å². The number of rotatable bonds is 6. The molecule has 3 N–H and O–H groups in total. The zero-order valence-corrected chi connectivity index (χ0v) is 12.3. The van der Waals surface area contributed by atoms with E-state index in [0.717, 1.165) is 8.26 Å². The second-order valence-electron chi connectivity index (χ2n) is 4.95. The summed E-state index contributed by atoms with van der Waals surface area (Å²) in [5, 5.41) is 18.9. The van der Waals surface area contributed by atoms with Gasteiger partial charge in [-0.25, -0.2) is 0 Å². The van der Waals surface area contributed by atoms with E-state index in [0.29, 0.717) is 8.26 Å². The first kappa shape index (κ1) is 14.8. The molecule has 2 atom stereocenters. The number of hydrogen-bond donors (Lipinski definition) is 3. The molecule has 0 saturated carbocycles. The average molecular weight is 285 g/mol. The summed E-state index contributed by atoms with van der Waals surface area (Å²) in [4.78, 5) is 0. The van der Waals surface area contributed by atoms with Crippen molar-refractivity contribution in [3.05, 3.63) is 0 Å². The van der Waals surface area contributed by atoms with Crippen LogP contribution in [0.3, 0.4) is 0 Å². The van der Waals surface area contributed by atoms with Crippen molar-refractivity contribution < 1.29 is 32.6 Å². The number of aliphatic hydroxyl groups is 2. The summed E-state index contributed by atoms with van der Waals surface area (Å²) >= 11 is -3.77. The van der Waals surface area contributed by atoms with E-state index in [1.165, 1.54) is 0 Å².